The van der Waals surface area contributed by atoms with E-state index < -0.39 is 0 Å². The SMILES string of the molecule is CC(C)=N/N=c1\sc(-c2ccccc2)c(-c2ccccc2)n1CC(C)C. The maximum atomic E-state index is 4.56. The topological polar surface area (TPSA) is 29.6 Å². The van der Waals surface area contributed by atoms with E-state index in [0.29, 0.717) is 5.92 Å². The quantitative estimate of drug-likeness (QED) is 0.403. The van der Waals surface area contributed by atoms with Gasteiger partial charge in [0.2, 0.25) is 4.80 Å². The van der Waals surface area contributed by atoms with Gasteiger partial charge in [-0.05, 0) is 30.9 Å². The summed E-state index contributed by atoms with van der Waals surface area (Å²) >= 11 is 1.71. The number of thiazole rings is 1. The van der Waals surface area contributed by atoms with E-state index in [9.17, 15) is 0 Å². The van der Waals surface area contributed by atoms with Crippen LogP contribution in [0.4, 0.5) is 0 Å². The molecule has 0 unspecified atom stereocenters. The van der Waals surface area contributed by atoms with Crippen LogP contribution in [0.5, 0.6) is 0 Å². The number of hydrogen-bond donors (Lipinski definition) is 0. The molecule has 0 saturated heterocycles. The molecule has 0 saturated carbocycles. The van der Waals surface area contributed by atoms with Gasteiger partial charge in [-0.15, -0.1) is 5.10 Å². The zero-order valence-corrected chi connectivity index (χ0v) is 16.6. The predicted octanol–water partition coefficient (Wildman–Crippen LogP) is 5.84. The van der Waals surface area contributed by atoms with Crippen LogP contribution < -0.4 is 4.80 Å². The van der Waals surface area contributed by atoms with Gasteiger partial charge in [0.25, 0.3) is 0 Å². The number of hydrogen-bond acceptors (Lipinski definition) is 3. The molecular formula is C22H25N3S. The zero-order chi connectivity index (χ0) is 18.5. The summed E-state index contributed by atoms with van der Waals surface area (Å²) in [5, 5.41) is 8.90. The van der Waals surface area contributed by atoms with Gasteiger partial charge in [-0.2, -0.15) is 5.10 Å². The molecule has 1 aromatic heterocycles. The van der Waals surface area contributed by atoms with Crippen molar-refractivity contribution < 1.29 is 0 Å². The molecule has 0 radical (unpaired) electrons. The van der Waals surface area contributed by atoms with Crippen LogP contribution in [0.25, 0.3) is 21.7 Å². The van der Waals surface area contributed by atoms with Crippen molar-refractivity contribution in [1.29, 1.82) is 0 Å². The highest BCUT2D eigenvalue weighted by Crippen LogP contribution is 2.35. The Morgan fingerprint density at radius 2 is 1.50 bits per heavy atom. The molecular weight excluding hydrogens is 338 g/mol. The van der Waals surface area contributed by atoms with Crippen molar-refractivity contribution >= 4 is 17.0 Å². The minimum atomic E-state index is 0.515. The second-order valence-electron chi connectivity index (χ2n) is 6.95. The van der Waals surface area contributed by atoms with Crippen LogP contribution in [0.3, 0.4) is 0 Å². The third-order valence-corrected chi connectivity index (χ3v) is 4.99. The lowest BCUT2D eigenvalue weighted by molar-refractivity contribution is 0.517. The number of aromatic nitrogens is 1. The fourth-order valence-electron chi connectivity index (χ4n) is 2.83. The predicted molar refractivity (Wildman–Crippen MR) is 112 cm³/mol. The van der Waals surface area contributed by atoms with E-state index >= 15 is 0 Å². The molecule has 0 aliphatic heterocycles. The average Bonchev–Trinajstić information content (AvgIpc) is 2.99. The monoisotopic (exact) mass is 363 g/mol. The first kappa shape index (κ1) is 18.3. The van der Waals surface area contributed by atoms with Gasteiger partial charge >= 0.3 is 0 Å². The molecule has 0 aliphatic rings. The summed E-state index contributed by atoms with van der Waals surface area (Å²) in [6, 6.07) is 21.1. The van der Waals surface area contributed by atoms with Gasteiger partial charge in [-0.3, -0.25) is 0 Å². The van der Waals surface area contributed by atoms with Gasteiger partial charge in [0.1, 0.15) is 0 Å². The van der Waals surface area contributed by atoms with Crippen LogP contribution in [0, 0.1) is 5.92 Å². The maximum absolute atomic E-state index is 4.56. The first-order valence-corrected chi connectivity index (χ1v) is 9.77. The van der Waals surface area contributed by atoms with Crippen molar-refractivity contribution in [1.82, 2.24) is 4.57 Å². The van der Waals surface area contributed by atoms with E-state index in [1.807, 2.05) is 13.8 Å². The van der Waals surface area contributed by atoms with Gasteiger partial charge in [-0.25, -0.2) is 0 Å². The molecule has 0 atom stereocenters. The van der Waals surface area contributed by atoms with E-state index in [0.717, 1.165) is 17.1 Å². The third kappa shape index (κ3) is 4.20. The van der Waals surface area contributed by atoms with Crippen LogP contribution in [-0.2, 0) is 6.54 Å². The highest BCUT2D eigenvalue weighted by atomic mass is 32.1. The van der Waals surface area contributed by atoms with Crippen molar-refractivity contribution in [3.05, 3.63) is 65.5 Å². The highest BCUT2D eigenvalue weighted by Gasteiger charge is 2.17. The van der Waals surface area contributed by atoms with Crippen LogP contribution in [0.15, 0.2) is 70.9 Å². The molecule has 0 fully saturated rings. The Balaban J connectivity index is 2.33. The lowest BCUT2D eigenvalue weighted by Gasteiger charge is -2.13. The molecule has 2 aromatic carbocycles. The van der Waals surface area contributed by atoms with E-state index in [4.69, 9.17) is 0 Å². The molecule has 1 heterocycles. The summed E-state index contributed by atoms with van der Waals surface area (Å²) in [7, 11) is 0. The van der Waals surface area contributed by atoms with Crippen molar-refractivity contribution in [3.63, 3.8) is 0 Å². The summed E-state index contributed by atoms with van der Waals surface area (Å²) < 4.78 is 2.32. The standard InChI is InChI=1S/C22H25N3S/c1-16(2)15-25-20(18-11-7-5-8-12-18)21(19-13-9-6-10-14-19)26-22(25)24-23-17(3)4/h5-14,16H,15H2,1-4H3/b24-22-. The highest BCUT2D eigenvalue weighted by molar-refractivity contribution is 7.13. The van der Waals surface area contributed by atoms with Gasteiger partial charge in [0.15, 0.2) is 0 Å². The maximum Gasteiger partial charge on any atom is 0.211 e. The number of benzene rings is 2. The largest absolute Gasteiger partial charge is 0.314 e. The first-order valence-electron chi connectivity index (χ1n) is 8.95. The Hall–Kier alpha value is -2.46. The van der Waals surface area contributed by atoms with Crippen molar-refractivity contribution in [2.75, 3.05) is 0 Å². The Labute approximate surface area is 159 Å². The van der Waals surface area contributed by atoms with Crippen molar-refractivity contribution in [3.8, 4) is 21.7 Å². The first-order chi connectivity index (χ1) is 12.6. The van der Waals surface area contributed by atoms with E-state index in [2.05, 4.69) is 89.3 Å². The summed E-state index contributed by atoms with van der Waals surface area (Å²) in [5.41, 5.74) is 4.60. The zero-order valence-electron chi connectivity index (χ0n) is 15.8. The Morgan fingerprint density at radius 3 is 2.04 bits per heavy atom. The molecule has 0 aliphatic carbocycles. The number of nitrogens with zero attached hydrogens (tertiary/aromatic N) is 3. The summed E-state index contributed by atoms with van der Waals surface area (Å²) in [4.78, 5) is 2.18. The molecule has 0 N–H and O–H groups in total. The lowest BCUT2D eigenvalue weighted by Crippen LogP contribution is -2.19. The van der Waals surface area contributed by atoms with Gasteiger partial charge in [0, 0.05) is 12.3 Å². The molecule has 134 valence electrons. The molecule has 4 heteroatoms. The summed E-state index contributed by atoms with van der Waals surface area (Å²) in [6.07, 6.45) is 0. The van der Waals surface area contributed by atoms with Crippen LogP contribution in [-0.4, -0.2) is 10.3 Å². The van der Waals surface area contributed by atoms with Gasteiger partial charge in [-0.1, -0.05) is 85.8 Å². The second-order valence-corrected chi connectivity index (χ2v) is 7.92. The molecule has 0 bridgehead atoms. The molecule has 0 amide bonds. The van der Waals surface area contributed by atoms with Crippen molar-refractivity contribution in [2.45, 2.75) is 34.2 Å². The van der Waals surface area contributed by atoms with Crippen LogP contribution in [0.2, 0.25) is 0 Å². The minimum absolute atomic E-state index is 0.515. The second kappa shape index (κ2) is 8.28. The van der Waals surface area contributed by atoms with E-state index in [1.165, 1.54) is 21.7 Å². The van der Waals surface area contributed by atoms with E-state index in [-0.39, 0.29) is 0 Å². The van der Waals surface area contributed by atoms with Crippen LogP contribution >= 0.6 is 11.3 Å². The molecule has 3 nitrogen and oxygen atoms in total. The molecule has 3 rings (SSSR count). The summed E-state index contributed by atoms with van der Waals surface area (Å²) in [5.74, 6) is 0.515. The Bertz CT molecular complexity index is 944. The Morgan fingerprint density at radius 1 is 0.923 bits per heavy atom. The number of rotatable bonds is 5. The minimum Gasteiger partial charge on any atom is -0.314 e. The smallest absolute Gasteiger partial charge is 0.211 e. The van der Waals surface area contributed by atoms with Gasteiger partial charge in [0.05, 0.1) is 10.6 Å². The molecule has 26 heavy (non-hydrogen) atoms. The van der Waals surface area contributed by atoms with E-state index in [1.54, 1.807) is 11.3 Å². The molecule has 3 aromatic rings. The fourth-order valence-corrected chi connectivity index (χ4v) is 3.95. The Kier molecular flexibility index (Phi) is 5.84. The van der Waals surface area contributed by atoms with Crippen LogP contribution in [0.1, 0.15) is 27.7 Å². The fraction of sp³-hybridized carbons (Fsp3) is 0.273. The average molecular weight is 364 g/mol. The normalized spacial score (nSPS) is 11.8. The lowest BCUT2D eigenvalue weighted by atomic mass is 10.1. The third-order valence-electron chi connectivity index (χ3n) is 3.88. The summed E-state index contributed by atoms with van der Waals surface area (Å²) in [6.45, 7) is 9.32. The van der Waals surface area contributed by atoms with Crippen molar-refractivity contribution in [2.24, 2.45) is 16.1 Å². The molecule has 0 spiro atoms. The van der Waals surface area contributed by atoms with Gasteiger partial charge < -0.3 is 4.57 Å².